The lowest BCUT2D eigenvalue weighted by Crippen LogP contribution is -2.43. The number of thiocarbonyl (C=S) groups is 1. The molecule has 0 radical (unpaired) electrons. The average molecular weight is 416 g/mol. The van der Waals surface area contributed by atoms with Crippen LogP contribution in [0, 0.1) is 0 Å². The number of hydrazine groups is 1. The first-order valence-corrected chi connectivity index (χ1v) is 9.43. The highest BCUT2D eigenvalue weighted by atomic mass is 32.1. The monoisotopic (exact) mass is 415 g/mol. The van der Waals surface area contributed by atoms with Crippen molar-refractivity contribution in [2.24, 2.45) is 0 Å². The van der Waals surface area contributed by atoms with Crippen LogP contribution >= 0.6 is 12.2 Å². The van der Waals surface area contributed by atoms with Crippen LogP contribution in [0.25, 0.3) is 0 Å². The number of anilines is 1. The molecular formula is C20H25N5O3S. The number of benzene rings is 2. The number of ether oxygens (including phenoxy) is 1. The lowest BCUT2D eigenvalue weighted by atomic mass is 10.1. The first-order chi connectivity index (χ1) is 13.9. The van der Waals surface area contributed by atoms with Gasteiger partial charge in [0.05, 0.1) is 7.11 Å². The Morgan fingerprint density at radius 1 is 1.00 bits per heavy atom. The molecule has 9 heteroatoms. The Hall–Kier alpha value is -3.33. The molecule has 5 N–H and O–H groups in total. The summed E-state index contributed by atoms with van der Waals surface area (Å²) in [5, 5.41) is 8.70. The SMILES string of the molecule is COc1ccc(NC(=S)NNC(=O)c2ccc(CNC(=O)NC(C)C)cc2)cc1. The molecule has 2 aromatic rings. The minimum absolute atomic E-state index is 0.0684. The van der Waals surface area contributed by atoms with E-state index in [-0.39, 0.29) is 23.1 Å². The molecule has 8 nitrogen and oxygen atoms in total. The third-order valence-corrected chi connectivity index (χ3v) is 3.93. The number of hydrogen-bond acceptors (Lipinski definition) is 4. The minimum Gasteiger partial charge on any atom is -0.497 e. The zero-order valence-electron chi connectivity index (χ0n) is 16.5. The number of methoxy groups -OCH3 is 1. The van der Waals surface area contributed by atoms with Crippen LogP contribution in [0.3, 0.4) is 0 Å². The van der Waals surface area contributed by atoms with Gasteiger partial charge in [-0.05, 0) is 68.0 Å². The fraction of sp³-hybridized carbons (Fsp3) is 0.250. The molecule has 2 rings (SSSR count). The maximum atomic E-state index is 12.2. The Balaban J connectivity index is 1.78. The van der Waals surface area contributed by atoms with Gasteiger partial charge in [0.1, 0.15) is 5.75 Å². The van der Waals surface area contributed by atoms with Gasteiger partial charge in [-0.2, -0.15) is 0 Å². The molecule has 0 bridgehead atoms. The molecular weight excluding hydrogens is 390 g/mol. The number of carbonyl (C=O) groups excluding carboxylic acids is 2. The van der Waals surface area contributed by atoms with Crippen LogP contribution in [-0.2, 0) is 6.54 Å². The first kappa shape index (κ1) is 22.0. The molecule has 0 aliphatic rings. The van der Waals surface area contributed by atoms with Gasteiger partial charge in [-0.25, -0.2) is 4.79 Å². The fourth-order valence-electron chi connectivity index (χ4n) is 2.29. The van der Waals surface area contributed by atoms with Gasteiger partial charge in [0.25, 0.3) is 5.91 Å². The van der Waals surface area contributed by atoms with Crippen molar-refractivity contribution in [1.29, 1.82) is 0 Å². The molecule has 29 heavy (non-hydrogen) atoms. The van der Waals surface area contributed by atoms with Gasteiger partial charge in [0, 0.05) is 23.8 Å². The molecule has 0 atom stereocenters. The lowest BCUT2D eigenvalue weighted by Gasteiger charge is -2.12. The molecule has 0 aromatic heterocycles. The van der Waals surface area contributed by atoms with Crippen molar-refractivity contribution in [3.8, 4) is 5.75 Å². The number of rotatable bonds is 6. The predicted octanol–water partition coefficient (Wildman–Crippen LogP) is 2.53. The van der Waals surface area contributed by atoms with Crippen LogP contribution in [-0.4, -0.2) is 30.2 Å². The minimum atomic E-state index is -0.332. The number of hydrogen-bond donors (Lipinski definition) is 5. The standard InChI is InChI=1S/C20H25N5O3S/c1-13(2)22-19(27)21-12-14-4-6-15(7-5-14)18(26)24-25-20(29)23-16-8-10-17(28-3)11-9-16/h4-11,13H,12H2,1-3H3,(H,24,26)(H2,21,22,27)(H2,23,25,29). The van der Waals surface area contributed by atoms with E-state index in [0.29, 0.717) is 12.1 Å². The Bertz CT molecular complexity index is 838. The van der Waals surface area contributed by atoms with Gasteiger partial charge in [-0.1, -0.05) is 12.1 Å². The van der Waals surface area contributed by atoms with Gasteiger partial charge in [0.2, 0.25) is 0 Å². The lowest BCUT2D eigenvalue weighted by molar-refractivity contribution is 0.0944. The summed E-state index contributed by atoms with van der Waals surface area (Å²) >= 11 is 5.16. The van der Waals surface area contributed by atoms with Crippen LogP contribution in [0.5, 0.6) is 5.75 Å². The van der Waals surface area contributed by atoms with Crippen molar-refractivity contribution >= 4 is 35.0 Å². The van der Waals surface area contributed by atoms with Gasteiger partial charge in [-0.15, -0.1) is 0 Å². The van der Waals surface area contributed by atoms with Crippen LogP contribution in [0.2, 0.25) is 0 Å². The van der Waals surface area contributed by atoms with E-state index in [1.165, 1.54) is 0 Å². The average Bonchev–Trinajstić information content (AvgIpc) is 2.71. The van der Waals surface area contributed by atoms with Gasteiger partial charge < -0.3 is 20.7 Å². The summed E-state index contributed by atoms with van der Waals surface area (Å²) in [7, 11) is 1.59. The van der Waals surface area contributed by atoms with Crippen molar-refractivity contribution in [2.45, 2.75) is 26.4 Å². The van der Waals surface area contributed by atoms with E-state index < -0.39 is 0 Å². The second kappa shape index (κ2) is 10.9. The van der Waals surface area contributed by atoms with Gasteiger partial charge in [-0.3, -0.25) is 15.6 Å². The number of nitrogens with one attached hydrogen (secondary N) is 5. The molecule has 2 aromatic carbocycles. The molecule has 0 aliphatic carbocycles. The second-order valence-corrected chi connectivity index (χ2v) is 6.85. The maximum Gasteiger partial charge on any atom is 0.315 e. The number of carbonyl (C=O) groups is 2. The number of amides is 3. The second-order valence-electron chi connectivity index (χ2n) is 6.44. The van der Waals surface area contributed by atoms with E-state index in [0.717, 1.165) is 17.0 Å². The summed E-state index contributed by atoms with van der Waals surface area (Å²) in [5.41, 5.74) is 7.29. The van der Waals surface area contributed by atoms with Crippen molar-refractivity contribution in [1.82, 2.24) is 21.5 Å². The van der Waals surface area contributed by atoms with Gasteiger partial charge in [0.15, 0.2) is 5.11 Å². The highest BCUT2D eigenvalue weighted by Gasteiger charge is 2.07. The van der Waals surface area contributed by atoms with E-state index in [4.69, 9.17) is 17.0 Å². The highest BCUT2D eigenvalue weighted by molar-refractivity contribution is 7.80. The highest BCUT2D eigenvalue weighted by Crippen LogP contribution is 2.14. The Labute approximate surface area is 175 Å². The molecule has 154 valence electrons. The molecule has 0 aliphatic heterocycles. The Morgan fingerprint density at radius 2 is 1.66 bits per heavy atom. The molecule has 0 spiro atoms. The summed E-state index contributed by atoms with van der Waals surface area (Å²) < 4.78 is 5.10. The zero-order valence-corrected chi connectivity index (χ0v) is 17.4. The van der Waals surface area contributed by atoms with Crippen molar-refractivity contribution in [3.05, 3.63) is 59.7 Å². The Kier molecular flexibility index (Phi) is 8.23. The predicted molar refractivity (Wildman–Crippen MR) is 117 cm³/mol. The van der Waals surface area contributed by atoms with Crippen molar-refractivity contribution < 1.29 is 14.3 Å². The van der Waals surface area contributed by atoms with Crippen LogP contribution in [0.15, 0.2) is 48.5 Å². The molecule has 0 saturated heterocycles. The first-order valence-electron chi connectivity index (χ1n) is 9.02. The molecule has 0 unspecified atom stereocenters. The van der Waals surface area contributed by atoms with E-state index in [1.54, 1.807) is 43.5 Å². The quantitative estimate of drug-likeness (QED) is 0.367. The van der Waals surface area contributed by atoms with Crippen molar-refractivity contribution in [2.75, 3.05) is 12.4 Å². The van der Waals surface area contributed by atoms with Crippen LogP contribution in [0.1, 0.15) is 29.8 Å². The normalized spacial score (nSPS) is 10.1. The third-order valence-electron chi connectivity index (χ3n) is 3.73. The maximum absolute atomic E-state index is 12.2. The number of urea groups is 1. The molecule has 0 saturated carbocycles. The van der Waals surface area contributed by atoms with E-state index in [9.17, 15) is 9.59 Å². The van der Waals surface area contributed by atoms with Crippen LogP contribution in [0.4, 0.5) is 10.5 Å². The molecule has 0 fully saturated rings. The Morgan fingerprint density at radius 3 is 2.24 bits per heavy atom. The summed E-state index contributed by atoms with van der Waals surface area (Å²) in [6, 6.07) is 14.0. The summed E-state index contributed by atoms with van der Waals surface area (Å²) in [5.74, 6) is 0.405. The summed E-state index contributed by atoms with van der Waals surface area (Å²) in [6.07, 6.45) is 0. The van der Waals surface area contributed by atoms with Crippen molar-refractivity contribution in [3.63, 3.8) is 0 Å². The summed E-state index contributed by atoms with van der Waals surface area (Å²) in [6.45, 7) is 4.15. The van der Waals surface area contributed by atoms with Gasteiger partial charge >= 0.3 is 6.03 Å². The topological polar surface area (TPSA) is 104 Å². The largest absolute Gasteiger partial charge is 0.497 e. The van der Waals surface area contributed by atoms with E-state index in [1.807, 2.05) is 26.0 Å². The smallest absolute Gasteiger partial charge is 0.315 e. The third kappa shape index (κ3) is 7.67. The van der Waals surface area contributed by atoms with Crippen LogP contribution < -0.4 is 31.5 Å². The summed E-state index contributed by atoms with van der Waals surface area (Å²) in [4.78, 5) is 23.8. The zero-order chi connectivity index (χ0) is 21.2. The van der Waals surface area contributed by atoms with E-state index in [2.05, 4.69) is 26.8 Å². The molecule has 3 amide bonds. The molecule has 0 heterocycles. The fourth-order valence-corrected chi connectivity index (χ4v) is 2.46. The van der Waals surface area contributed by atoms with E-state index >= 15 is 0 Å².